The van der Waals surface area contributed by atoms with E-state index < -0.39 is 0 Å². The molecule has 1 fully saturated rings. The van der Waals surface area contributed by atoms with Crippen molar-refractivity contribution in [2.45, 2.75) is 45.2 Å². The van der Waals surface area contributed by atoms with Crippen molar-refractivity contribution in [3.8, 4) is 5.88 Å². The van der Waals surface area contributed by atoms with Gasteiger partial charge in [-0.2, -0.15) is 5.10 Å². The van der Waals surface area contributed by atoms with Crippen LogP contribution in [0, 0.1) is 0 Å². The summed E-state index contributed by atoms with van der Waals surface area (Å²) in [6, 6.07) is 6.55. The third kappa shape index (κ3) is 3.54. The van der Waals surface area contributed by atoms with E-state index in [-0.39, 0.29) is 0 Å². The van der Waals surface area contributed by atoms with Crippen molar-refractivity contribution in [2.75, 3.05) is 11.9 Å². The van der Waals surface area contributed by atoms with Gasteiger partial charge in [-0.1, -0.05) is 12.8 Å². The lowest BCUT2D eigenvalue weighted by atomic mass is 10.3. The van der Waals surface area contributed by atoms with E-state index >= 15 is 0 Å². The van der Waals surface area contributed by atoms with E-state index in [0.717, 1.165) is 17.9 Å². The Morgan fingerprint density at radius 2 is 2.14 bits per heavy atom. The molecule has 0 aromatic carbocycles. The topological polar surface area (TPSA) is 52.0 Å². The average Bonchev–Trinajstić information content (AvgIpc) is 3.18. The summed E-state index contributed by atoms with van der Waals surface area (Å²) in [5.74, 6) is 0.661. The molecular weight excluding hydrogens is 264 g/mol. The van der Waals surface area contributed by atoms with Gasteiger partial charge in [0.1, 0.15) is 0 Å². The maximum atomic E-state index is 5.33. The third-order valence-electron chi connectivity index (χ3n) is 3.86. The molecule has 21 heavy (non-hydrogen) atoms. The second-order valence-corrected chi connectivity index (χ2v) is 5.40. The van der Waals surface area contributed by atoms with E-state index in [1.165, 1.54) is 25.7 Å². The minimum absolute atomic E-state index is 0.603. The maximum absolute atomic E-state index is 5.33. The monoisotopic (exact) mass is 286 g/mol. The molecule has 2 aromatic heterocycles. The first-order valence-corrected chi connectivity index (χ1v) is 7.72. The lowest BCUT2D eigenvalue weighted by Gasteiger charge is -2.09. The molecule has 3 rings (SSSR count). The van der Waals surface area contributed by atoms with Crippen molar-refractivity contribution in [2.24, 2.45) is 0 Å². The van der Waals surface area contributed by atoms with Crippen molar-refractivity contribution in [1.29, 1.82) is 0 Å². The van der Waals surface area contributed by atoms with Crippen LogP contribution in [0.4, 0.5) is 5.69 Å². The van der Waals surface area contributed by atoms with Crippen LogP contribution >= 0.6 is 0 Å². The number of nitrogens with zero attached hydrogens (tertiary/aromatic N) is 3. The number of rotatable bonds is 6. The van der Waals surface area contributed by atoms with Gasteiger partial charge >= 0.3 is 0 Å². The average molecular weight is 286 g/mol. The number of aromatic nitrogens is 3. The Bertz CT molecular complexity index is 558. The molecule has 0 radical (unpaired) electrons. The van der Waals surface area contributed by atoms with Crippen LogP contribution < -0.4 is 10.1 Å². The van der Waals surface area contributed by atoms with E-state index in [0.29, 0.717) is 18.5 Å². The van der Waals surface area contributed by atoms with Crippen LogP contribution in [0.2, 0.25) is 0 Å². The Hall–Kier alpha value is -2.04. The molecule has 0 amide bonds. The maximum Gasteiger partial charge on any atom is 0.213 e. The first-order valence-electron chi connectivity index (χ1n) is 7.72. The Morgan fingerprint density at radius 3 is 2.86 bits per heavy atom. The standard InChI is InChI=1S/C16H22N4O/c1-2-21-16-8-7-13(11-18-16)17-12-14-9-10-20(19-14)15-5-3-4-6-15/h7-11,15,17H,2-6,12H2,1H3. The van der Waals surface area contributed by atoms with Crippen molar-refractivity contribution in [3.63, 3.8) is 0 Å². The molecular formula is C16H22N4O. The molecule has 2 heterocycles. The molecule has 0 saturated heterocycles. The molecule has 1 aliphatic rings. The van der Waals surface area contributed by atoms with Crippen LogP contribution in [0.25, 0.3) is 0 Å². The molecule has 0 spiro atoms. The normalized spacial score (nSPS) is 15.3. The molecule has 1 aliphatic carbocycles. The van der Waals surface area contributed by atoms with Gasteiger partial charge in [-0.15, -0.1) is 0 Å². The molecule has 0 aliphatic heterocycles. The summed E-state index contributed by atoms with van der Waals surface area (Å²) in [5.41, 5.74) is 2.05. The van der Waals surface area contributed by atoms with Gasteiger partial charge in [-0.25, -0.2) is 4.98 Å². The molecule has 5 heteroatoms. The molecule has 5 nitrogen and oxygen atoms in total. The molecule has 0 bridgehead atoms. The highest BCUT2D eigenvalue weighted by Gasteiger charge is 2.17. The van der Waals surface area contributed by atoms with E-state index in [9.17, 15) is 0 Å². The minimum atomic E-state index is 0.603. The van der Waals surface area contributed by atoms with Gasteiger partial charge in [0.2, 0.25) is 5.88 Å². The van der Waals surface area contributed by atoms with Gasteiger partial charge in [0.05, 0.1) is 36.8 Å². The summed E-state index contributed by atoms with van der Waals surface area (Å²) in [7, 11) is 0. The van der Waals surface area contributed by atoms with Gasteiger partial charge in [0, 0.05) is 12.3 Å². The zero-order valence-electron chi connectivity index (χ0n) is 12.5. The van der Waals surface area contributed by atoms with Crippen LogP contribution in [-0.4, -0.2) is 21.4 Å². The highest BCUT2D eigenvalue weighted by molar-refractivity contribution is 5.42. The Morgan fingerprint density at radius 1 is 1.29 bits per heavy atom. The summed E-state index contributed by atoms with van der Waals surface area (Å²) in [4.78, 5) is 4.24. The van der Waals surface area contributed by atoms with E-state index in [1.807, 2.05) is 19.1 Å². The van der Waals surface area contributed by atoms with E-state index in [2.05, 4.69) is 32.3 Å². The number of ether oxygens (including phenoxy) is 1. The number of anilines is 1. The Kier molecular flexibility index (Phi) is 4.38. The van der Waals surface area contributed by atoms with Gasteiger partial charge in [-0.3, -0.25) is 4.68 Å². The second-order valence-electron chi connectivity index (χ2n) is 5.40. The quantitative estimate of drug-likeness (QED) is 0.884. The van der Waals surface area contributed by atoms with Gasteiger partial charge < -0.3 is 10.1 Å². The molecule has 112 valence electrons. The lowest BCUT2D eigenvalue weighted by molar-refractivity contribution is 0.327. The smallest absolute Gasteiger partial charge is 0.213 e. The summed E-state index contributed by atoms with van der Waals surface area (Å²) >= 11 is 0. The predicted molar refractivity (Wildman–Crippen MR) is 82.5 cm³/mol. The zero-order valence-corrected chi connectivity index (χ0v) is 12.5. The number of pyridine rings is 1. The molecule has 2 aromatic rings. The fraction of sp³-hybridized carbons (Fsp3) is 0.500. The lowest BCUT2D eigenvalue weighted by Crippen LogP contribution is -2.07. The highest BCUT2D eigenvalue weighted by atomic mass is 16.5. The first-order chi connectivity index (χ1) is 10.3. The van der Waals surface area contributed by atoms with E-state index in [1.54, 1.807) is 6.20 Å². The van der Waals surface area contributed by atoms with Crippen LogP contribution in [0.3, 0.4) is 0 Å². The SMILES string of the molecule is CCOc1ccc(NCc2ccn(C3CCCC3)n2)cn1. The fourth-order valence-corrected chi connectivity index (χ4v) is 2.75. The largest absolute Gasteiger partial charge is 0.478 e. The van der Waals surface area contributed by atoms with Crippen molar-refractivity contribution < 1.29 is 4.74 Å². The molecule has 0 atom stereocenters. The van der Waals surface area contributed by atoms with E-state index in [4.69, 9.17) is 4.74 Å². The van der Waals surface area contributed by atoms with Gasteiger partial charge in [-0.05, 0) is 31.9 Å². The van der Waals surface area contributed by atoms with Gasteiger partial charge in [0.15, 0.2) is 0 Å². The summed E-state index contributed by atoms with van der Waals surface area (Å²) in [5, 5.41) is 8.00. The molecule has 1 saturated carbocycles. The van der Waals surface area contributed by atoms with Crippen LogP contribution in [0.5, 0.6) is 5.88 Å². The predicted octanol–water partition coefficient (Wildman–Crippen LogP) is 3.40. The Labute approximate surface area is 125 Å². The van der Waals surface area contributed by atoms with Crippen molar-refractivity contribution in [3.05, 3.63) is 36.3 Å². The van der Waals surface area contributed by atoms with Crippen LogP contribution in [-0.2, 0) is 6.54 Å². The van der Waals surface area contributed by atoms with Crippen LogP contribution in [0.1, 0.15) is 44.3 Å². The fourth-order valence-electron chi connectivity index (χ4n) is 2.75. The van der Waals surface area contributed by atoms with Gasteiger partial charge in [0.25, 0.3) is 0 Å². The summed E-state index contributed by atoms with van der Waals surface area (Å²) in [6.45, 7) is 3.31. The number of hydrogen-bond acceptors (Lipinski definition) is 4. The number of nitrogens with one attached hydrogen (secondary N) is 1. The second kappa shape index (κ2) is 6.61. The summed E-state index contributed by atoms with van der Waals surface area (Å²) in [6.07, 6.45) is 9.07. The highest BCUT2D eigenvalue weighted by Crippen LogP contribution is 2.28. The molecule has 1 N–H and O–H groups in total. The zero-order chi connectivity index (χ0) is 14.5. The minimum Gasteiger partial charge on any atom is -0.478 e. The Balaban J connectivity index is 1.54. The first kappa shape index (κ1) is 13.9. The summed E-state index contributed by atoms with van der Waals surface area (Å²) < 4.78 is 7.45. The molecule has 0 unspecified atom stereocenters. The van der Waals surface area contributed by atoms with Crippen molar-refractivity contribution >= 4 is 5.69 Å². The van der Waals surface area contributed by atoms with Crippen LogP contribution in [0.15, 0.2) is 30.6 Å². The van der Waals surface area contributed by atoms with Crippen molar-refractivity contribution in [1.82, 2.24) is 14.8 Å². The number of hydrogen-bond donors (Lipinski definition) is 1. The third-order valence-corrected chi connectivity index (χ3v) is 3.86.